The number of sulfonamides is 1. The van der Waals surface area contributed by atoms with Gasteiger partial charge in [0.15, 0.2) is 0 Å². The Morgan fingerprint density at radius 2 is 1.78 bits per heavy atom. The van der Waals surface area contributed by atoms with Crippen LogP contribution in [0.5, 0.6) is 5.75 Å². The van der Waals surface area contributed by atoms with Gasteiger partial charge in [0, 0.05) is 47.1 Å². The van der Waals surface area contributed by atoms with Gasteiger partial charge in [-0.2, -0.15) is 4.98 Å². The maximum Gasteiger partial charge on any atom is 0.240 e. The van der Waals surface area contributed by atoms with Crippen molar-refractivity contribution in [2.45, 2.75) is 37.3 Å². The van der Waals surface area contributed by atoms with Gasteiger partial charge >= 0.3 is 0 Å². The molecule has 0 unspecified atom stereocenters. The third-order valence-electron chi connectivity index (χ3n) is 5.41. The molecule has 0 spiro atoms. The first-order valence-electron chi connectivity index (χ1n) is 11.6. The number of aromatic nitrogens is 3. The Morgan fingerprint density at radius 1 is 0.944 bits per heavy atom. The van der Waals surface area contributed by atoms with Crippen LogP contribution in [0.4, 0.5) is 23.1 Å². The fraction of sp³-hybridized carbons (Fsp3) is 0.192. The number of nitrogens with one attached hydrogen (secondary N) is 3. The summed E-state index contributed by atoms with van der Waals surface area (Å²) in [6.45, 7) is 2.31. The van der Waals surface area contributed by atoms with E-state index in [1.807, 2.05) is 49.4 Å². The Kier molecular flexibility index (Phi) is 6.79. The van der Waals surface area contributed by atoms with Gasteiger partial charge in [-0.1, -0.05) is 12.1 Å². The molecule has 0 aliphatic heterocycles. The molecule has 1 saturated carbocycles. The average Bonchev–Trinajstić information content (AvgIpc) is 3.67. The van der Waals surface area contributed by atoms with Crippen molar-refractivity contribution in [1.29, 1.82) is 0 Å². The first kappa shape index (κ1) is 23.7. The molecular weight excluding hydrogens is 476 g/mol. The highest BCUT2D eigenvalue weighted by Crippen LogP contribution is 2.25. The molecule has 0 saturated heterocycles. The van der Waals surface area contributed by atoms with Gasteiger partial charge < -0.3 is 15.4 Å². The average molecular weight is 503 g/mol. The van der Waals surface area contributed by atoms with E-state index in [1.165, 1.54) is 0 Å². The number of benzene rings is 2. The predicted octanol–water partition coefficient (Wildman–Crippen LogP) is 4.69. The molecule has 1 fully saturated rings. The summed E-state index contributed by atoms with van der Waals surface area (Å²) in [6.07, 6.45) is 5.27. The summed E-state index contributed by atoms with van der Waals surface area (Å²) in [5.74, 6) is 1.71. The molecule has 1 aliphatic rings. The summed E-state index contributed by atoms with van der Waals surface area (Å²) in [5, 5.41) is 6.39. The zero-order valence-corrected chi connectivity index (χ0v) is 20.5. The molecule has 4 aromatic rings. The van der Waals surface area contributed by atoms with E-state index in [2.05, 4.69) is 30.3 Å². The molecule has 36 heavy (non-hydrogen) atoms. The number of hydrogen-bond donors (Lipinski definition) is 3. The topological polar surface area (TPSA) is 118 Å². The Hall–Kier alpha value is -4.02. The van der Waals surface area contributed by atoms with E-state index in [-0.39, 0.29) is 10.9 Å². The van der Waals surface area contributed by atoms with Crippen LogP contribution in [0.15, 0.2) is 84.0 Å². The second-order valence-corrected chi connectivity index (χ2v) is 10.3. The van der Waals surface area contributed by atoms with Crippen molar-refractivity contribution in [2.24, 2.45) is 0 Å². The predicted molar refractivity (Wildman–Crippen MR) is 138 cm³/mol. The Bertz CT molecular complexity index is 1440. The Labute approximate surface area is 210 Å². The molecule has 3 N–H and O–H groups in total. The fourth-order valence-corrected chi connectivity index (χ4v) is 4.83. The lowest BCUT2D eigenvalue weighted by Gasteiger charge is -2.12. The maximum atomic E-state index is 12.5. The van der Waals surface area contributed by atoms with Crippen LogP contribution in [-0.2, 0) is 16.6 Å². The SMILES string of the molecule is Cc1cc(Nc2ccc(OCc3cccnc3)cc2)nc(Nc2cccc(S(=O)(=O)NC3CC3)c2)n1. The van der Waals surface area contributed by atoms with Crippen molar-refractivity contribution < 1.29 is 13.2 Å². The number of hydrogen-bond acceptors (Lipinski definition) is 8. The highest BCUT2D eigenvalue weighted by Gasteiger charge is 2.28. The monoisotopic (exact) mass is 502 g/mol. The summed E-state index contributed by atoms with van der Waals surface area (Å²) in [7, 11) is -3.55. The quantitative estimate of drug-likeness (QED) is 0.286. The second kappa shape index (κ2) is 10.3. The molecule has 5 rings (SSSR count). The molecule has 0 atom stereocenters. The number of ether oxygens (including phenoxy) is 1. The molecule has 184 valence electrons. The van der Waals surface area contributed by atoms with E-state index in [0.29, 0.717) is 24.1 Å². The first-order valence-corrected chi connectivity index (χ1v) is 13.1. The number of rotatable bonds is 10. The van der Waals surface area contributed by atoms with Gasteiger partial charge in [-0.15, -0.1) is 0 Å². The Morgan fingerprint density at radius 3 is 2.53 bits per heavy atom. The minimum Gasteiger partial charge on any atom is -0.489 e. The normalized spacial score (nSPS) is 13.2. The van der Waals surface area contributed by atoms with Gasteiger partial charge in [-0.05, 0) is 68.3 Å². The van der Waals surface area contributed by atoms with Crippen LogP contribution in [0.1, 0.15) is 24.1 Å². The van der Waals surface area contributed by atoms with E-state index in [1.54, 1.807) is 36.7 Å². The van der Waals surface area contributed by atoms with Gasteiger partial charge in [-0.3, -0.25) is 4.98 Å². The van der Waals surface area contributed by atoms with Gasteiger partial charge in [0.1, 0.15) is 18.2 Å². The van der Waals surface area contributed by atoms with Gasteiger partial charge in [0.2, 0.25) is 16.0 Å². The molecular formula is C26H26N6O3S. The molecule has 10 heteroatoms. The number of pyridine rings is 1. The third-order valence-corrected chi connectivity index (χ3v) is 6.93. The van der Waals surface area contributed by atoms with Crippen LogP contribution in [0.25, 0.3) is 0 Å². The summed E-state index contributed by atoms with van der Waals surface area (Å²) >= 11 is 0. The van der Waals surface area contributed by atoms with Crippen molar-refractivity contribution in [1.82, 2.24) is 19.7 Å². The van der Waals surface area contributed by atoms with Crippen LogP contribution >= 0.6 is 0 Å². The molecule has 0 bridgehead atoms. The molecule has 1 aliphatic carbocycles. The highest BCUT2D eigenvalue weighted by atomic mass is 32.2. The van der Waals surface area contributed by atoms with E-state index < -0.39 is 10.0 Å². The molecule has 0 radical (unpaired) electrons. The van der Waals surface area contributed by atoms with Crippen molar-refractivity contribution in [2.75, 3.05) is 10.6 Å². The minimum absolute atomic E-state index is 0.0437. The van der Waals surface area contributed by atoms with E-state index >= 15 is 0 Å². The molecule has 0 amide bonds. The summed E-state index contributed by atoms with van der Waals surface area (Å²) < 4.78 is 33.6. The second-order valence-electron chi connectivity index (χ2n) is 8.57. The van der Waals surface area contributed by atoms with Crippen LogP contribution in [0, 0.1) is 6.92 Å². The van der Waals surface area contributed by atoms with E-state index in [9.17, 15) is 8.42 Å². The molecule has 2 aromatic heterocycles. The largest absolute Gasteiger partial charge is 0.489 e. The zero-order chi connectivity index (χ0) is 25.0. The summed E-state index contributed by atoms with van der Waals surface area (Å²) in [4.78, 5) is 13.3. The lowest BCUT2D eigenvalue weighted by molar-refractivity contribution is 0.306. The standard InChI is InChI=1S/C26H26N6O3S/c1-18-14-25(29-20-9-11-23(12-10-20)35-17-19-4-3-13-27-16-19)31-26(28-18)30-22-5-2-6-24(15-22)36(33,34)32-21-7-8-21/h2-6,9-16,21,32H,7-8,17H2,1H3,(H2,28,29,30,31). The zero-order valence-electron chi connectivity index (χ0n) is 19.7. The fourth-order valence-electron chi connectivity index (χ4n) is 3.48. The van der Waals surface area contributed by atoms with Crippen molar-refractivity contribution in [3.05, 3.63) is 90.4 Å². The first-order chi connectivity index (χ1) is 17.4. The van der Waals surface area contributed by atoms with Gasteiger partial charge in [-0.25, -0.2) is 18.1 Å². The van der Waals surface area contributed by atoms with Gasteiger partial charge in [0.25, 0.3) is 0 Å². The molecule has 2 aromatic carbocycles. The highest BCUT2D eigenvalue weighted by molar-refractivity contribution is 7.89. The number of aryl methyl sites for hydroxylation is 1. The lowest BCUT2D eigenvalue weighted by atomic mass is 10.3. The maximum absolute atomic E-state index is 12.5. The van der Waals surface area contributed by atoms with Gasteiger partial charge in [0.05, 0.1) is 4.90 Å². The summed E-state index contributed by atoms with van der Waals surface area (Å²) in [6, 6.07) is 19.9. The number of anilines is 4. The Balaban J connectivity index is 1.25. The lowest BCUT2D eigenvalue weighted by Crippen LogP contribution is -2.25. The van der Waals surface area contributed by atoms with Crippen molar-refractivity contribution in [3.63, 3.8) is 0 Å². The van der Waals surface area contributed by atoms with E-state index in [4.69, 9.17) is 4.74 Å². The third kappa shape index (κ3) is 6.35. The van der Waals surface area contributed by atoms with Crippen LogP contribution < -0.4 is 20.1 Å². The molecule has 2 heterocycles. The number of nitrogens with zero attached hydrogens (tertiary/aromatic N) is 3. The van der Waals surface area contributed by atoms with Crippen molar-refractivity contribution in [3.8, 4) is 5.75 Å². The summed E-state index contributed by atoms with van der Waals surface area (Å²) in [5.41, 5.74) is 3.18. The van der Waals surface area contributed by atoms with Crippen LogP contribution in [-0.4, -0.2) is 29.4 Å². The van der Waals surface area contributed by atoms with Crippen LogP contribution in [0.3, 0.4) is 0 Å². The smallest absolute Gasteiger partial charge is 0.240 e. The van der Waals surface area contributed by atoms with Crippen molar-refractivity contribution >= 4 is 33.2 Å². The van der Waals surface area contributed by atoms with E-state index in [0.717, 1.165) is 35.5 Å². The van der Waals surface area contributed by atoms with Crippen LogP contribution in [0.2, 0.25) is 0 Å². The molecule has 9 nitrogen and oxygen atoms in total. The minimum atomic E-state index is -3.55.